The summed E-state index contributed by atoms with van der Waals surface area (Å²) in [5.41, 5.74) is 2.89. The van der Waals surface area contributed by atoms with Crippen molar-refractivity contribution in [3.05, 3.63) is 27.8 Å². The van der Waals surface area contributed by atoms with Crippen molar-refractivity contribution in [2.24, 2.45) is 0 Å². The van der Waals surface area contributed by atoms with Crippen LogP contribution in [0, 0.1) is 11.3 Å². The van der Waals surface area contributed by atoms with Gasteiger partial charge in [-0.2, -0.15) is 5.26 Å². The summed E-state index contributed by atoms with van der Waals surface area (Å²) in [5.74, 6) is 1.10. The van der Waals surface area contributed by atoms with E-state index in [1.54, 1.807) is 6.07 Å². The number of rotatable bonds is 1. The average Bonchev–Trinajstić information content (AvgIpc) is 2.65. The second kappa shape index (κ2) is 3.75. The number of nitrogens with zero attached hydrogens (tertiary/aromatic N) is 1. The molecular formula is C12H12ClNO. The summed E-state index contributed by atoms with van der Waals surface area (Å²) in [7, 11) is 0. The molecular weight excluding hydrogens is 210 g/mol. The number of nitriles is 1. The lowest BCUT2D eigenvalue weighted by Crippen LogP contribution is -1.98. The van der Waals surface area contributed by atoms with E-state index in [1.807, 2.05) is 0 Å². The molecule has 0 aromatic heterocycles. The minimum Gasteiger partial charge on any atom is -0.491 e. The van der Waals surface area contributed by atoms with Gasteiger partial charge in [-0.05, 0) is 17.5 Å². The maximum atomic E-state index is 9.07. The van der Waals surface area contributed by atoms with Crippen molar-refractivity contribution in [3.8, 4) is 11.8 Å². The molecule has 78 valence electrons. The number of ether oxygens (including phenoxy) is 1. The van der Waals surface area contributed by atoms with Gasteiger partial charge in [-0.3, -0.25) is 0 Å². The smallest absolute Gasteiger partial charge is 0.141 e. The Labute approximate surface area is 94.4 Å². The molecule has 3 heteroatoms. The van der Waals surface area contributed by atoms with Crippen LogP contribution >= 0.6 is 11.6 Å². The Bertz CT molecular complexity index is 446. The van der Waals surface area contributed by atoms with Gasteiger partial charge in [0.1, 0.15) is 5.75 Å². The first-order valence-electron chi connectivity index (χ1n) is 5.03. The number of halogens is 1. The van der Waals surface area contributed by atoms with E-state index in [1.165, 1.54) is 0 Å². The van der Waals surface area contributed by atoms with E-state index in [-0.39, 0.29) is 0 Å². The van der Waals surface area contributed by atoms with Crippen molar-refractivity contribution in [3.63, 3.8) is 0 Å². The van der Waals surface area contributed by atoms with Crippen molar-refractivity contribution in [1.29, 1.82) is 5.26 Å². The highest BCUT2D eigenvalue weighted by molar-refractivity contribution is 6.32. The van der Waals surface area contributed by atoms with Gasteiger partial charge in [0.15, 0.2) is 0 Å². The van der Waals surface area contributed by atoms with Crippen LogP contribution in [0.5, 0.6) is 5.75 Å². The van der Waals surface area contributed by atoms with E-state index < -0.39 is 0 Å². The highest BCUT2D eigenvalue weighted by Gasteiger charge is 2.24. The zero-order chi connectivity index (χ0) is 11.0. The fourth-order valence-electron chi connectivity index (χ4n) is 2.11. The van der Waals surface area contributed by atoms with Crippen LogP contribution in [0.3, 0.4) is 0 Å². The largest absolute Gasteiger partial charge is 0.491 e. The SMILES string of the molecule is CC(C)c1c(C#N)cc(Cl)c2c1CCO2. The van der Waals surface area contributed by atoms with Crippen LogP contribution in [-0.4, -0.2) is 6.61 Å². The third kappa shape index (κ3) is 1.57. The maximum absolute atomic E-state index is 9.07. The maximum Gasteiger partial charge on any atom is 0.141 e. The summed E-state index contributed by atoms with van der Waals surface area (Å²) < 4.78 is 5.48. The summed E-state index contributed by atoms with van der Waals surface area (Å²) in [4.78, 5) is 0. The van der Waals surface area contributed by atoms with Crippen molar-refractivity contribution in [1.82, 2.24) is 0 Å². The van der Waals surface area contributed by atoms with E-state index in [0.29, 0.717) is 23.1 Å². The summed E-state index contributed by atoms with van der Waals surface area (Å²) in [5, 5.41) is 9.63. The normalized spacial score (nSPS) is 13.5. The molecule has 1 aromatic rings. The highest BCUT2D eigenvalue weighted by Crippen LogP contribution is 2.40. The Morgan fingerprint density at radius 3 is 2.87 bits per heavy atom. The van der Waals surface area contributed by atoms with E-state index in [4.69, 9.17) is 21.6 Å². The zero-order valence-corrected chi connectivity index (χ0v) is 9.56. The van der Waals surface area contributed by atoms with Gasteiger partial charge in [0.05, 0.1) is 23.3 Å². The molecule has 0 fully saturated rings. The summed E-state index contributed by atoms with van der Waals surface area (Å²) in [6.45, 7) is 4.84. The Kier molecular flexibility index (Phi) is 2.58. The molecule has 0 N–H and O–H groups in total. The molecule has 1 aromatic carbocycles. The van der Waals surface area contributed by atoms with E-state index in [0.717, 1.165) is 23.3 Å². The third-order valence-corrected chi connectivity index (χ3v) is 2.95. The summed E-state index contributed by atoms with van der Waals surface area (Å²) >= 11 is 6.05. The molecule has 0 saturated carbocycles. The van der Waals surface area contributed by atoms with Crippen LogP contribution in [-0.2, 0) is 6.42 Å². The molecule has 2 rings (SSSR count). The van der Waals surface area contributed by atoms with Crippen LogP contribution in [0.4, 0.5) is 0 Å². The first-order valence-corrected chi connectivity index (χ1v) is 5.41. The summed E-state index contributed by atoms with van der Waals surface area (Å²) in [6, 6.07) is 3.92. The second-order valence-corrected chi connectivity index (χ2v) is 4.40. The molecule has 0 saturated heterocycles. The standard InChI is InChI=1S/C12H12ClNO/c1-7(2)11-8(6-14)5-10(13)12-9(11)3-4-15-12/h5,7H,3-4H2,1-2H3. The molecule has 0 aliphatic carbocycles. The van der Waals surface area contributed by atoms with Crippen LogP contribution in [0.1, 0.15) is 36.5 Å². The molecule has 0 unspecified atom stereocenters. The van der Waals surface area contributed by atoms with Crippen LogP contribution in [0.15, 0.2) is 6.07 Å². The minimum absolute atomic E-state index is 0.326. The van der Waals surface area contributed by atoms with Gasteiger partial charge in [0.25, 0.3) is 0 Å². The third-order valence-electron chi connectivity index (χ3n) is 2.67. The van der Waals surface area contributed by atoms with Crippen molar-refractivity contribution >= 4 is 11.6 Å². The van der Waals surface area contributed by atoms with E-state index in [9.17, 15) is 0 Å². The molecule has 0 amide bonds. The van der Waals surface area contributed by atoms with Crippen molar-refractivity contribution in [2.45, 2.75) is 26.2 Å². The lowest BCUT2D eigenvalue weighted by atomic mass is 9.91. The quantitative estimate of drug-likeness (QED) is 0.729. The van der Waals surface area contributed by atoms with Crippen LogP contribution in [0.25, 0.3) is 0 Å². The lowest BCUT2D eigenvalue weighted by Gasteiger charge is -2.13. The van der Waals surface area contributed by atoms with Crippen LogP contribution < -0.4 is 4.74 Å². The van der Waals surface area contributed by atoms with Gasteiger partial charge in [-0.15, -0.1) is 0 Å². The van der Waals surface area contributed by atoms with Gasteiger partial charge in [-0.25, -0.2) is 0 Å². The molecule has 0 atom stereocenters. The molecule has 1 aliphatic heterocycles. The topological polar surface area (TPSA) is 33.0 Å². The minimum atomic E-state index is 0.326. The fraction of sp³-hybridized carbons (Fsp3) is 0.417. The zero-order valence-electron chi connectivity index (χ0n) is 8.80. The molecule has 15 heavy (non-hydrogen) atoms. The average molecular weight is 222 g/mol. The Morgan fingerprint density at radius 2 is 2.27 bits per heavy atom. The van der Waals surface area contributed by atoms with Gasteiger partial charge in [0, 0.05) is 12.0 Å². The van der Waals surface area contributed by atoms with Crippen LogP contribution in [0.2, 0.25) is 5.02 Å². The number of hydrogen-bond donors (Lipinski definition) is 0. The Balaban J connectivity index is 2.72. The number of benzene rings is 1. The first-order chi connectivity index (χ1) is 7.15. The molecule has 2 nitrogen and oxygen atoms in total. The Morgan fingerprint density at radius 1 is 1.53 bits per heavy atom. The number of hydrogen-bond acceptors (Lipinski definition) is 2. The van der Waals surface area contributed by atoms with E-state index >= 15 is 0 Å². The second-order valence-electron chi connectivity index (χ2n) is 3.99. The Hall–Kier alpha value is -1.20. The highest BCUT2D eigenvalue weighted by atomic mass is 35.5. The first kappa shape index (κ1) is 10.3. The molecule has 1 heterocycles. The predicted molar refractivity (Wildman–Crippen MR) is 59.5 cm³/mol. The van der Waals surface area contributed by atoms with Gasteiger partial charge < -0.3 is 4.74 Å². The number of fused-ring (bicyclic) bond motifs is 1. The van der Waals surface area contributed by atoms with Gasteiger partial charge in [0.2, 0.25) is 0 Å². The monoisotopic (exact) mass is 221 g/mol. The van der Waals surface area contributed by atoms with Crippen molar-refractivity contribution < 1.29 is 4.74 Å². The lowest BCUT2D eigenvalue weighted by molar-refractivity contribution is 0.357. The van der Waals surface area contributed by atoms with E-state index in [2.05, 4.69) is 19.9 Å². The van der Waals surface area contributed by atoms with Gasteiger partial charge in [-0.1, -0.05) is 25.4 Å². The molecule has 0 bridgehead atoms. The van der Waals surface area contributed by atoms with Gasteiger partial charge >= 0.3 is 0 Å². The summed E-state index contributed by atoms with van der Waals surface area (Å²) in [6.07, 6.45) is 0.859. The fourth-order valence-corrected chi connectivity index (χ4v) is 2.39. The molecule has 0 radical (unpaired) electrons. The molecule has 1 aliphatic rings. The van der Waals surface area contributed by atoms with Crippen molar-refractivity contribution in [2.75, 3.05) is 6.61 Å². The molecule has 0 spiro atoms. The predicted octanol–water partition coefficient (Wildman–Crippen LogP) is 3.27.